The molecule has 5 nitrogen and oxygen atoms in total. The molecule has 2 rings (SSSR count). The van der Waals surface area contributed by atoms with E-state index in [4.69, 9.17) is 4.74 Å². The molecule has 1 aliphatic heterocycles. The van der Waals surface area contributed by atoms with Gasteiger partial charge in [0.05, 0.1) is 13.2 Å². The van der Waals surface area contributed by atoms with Gasteiger partial charge in [0.15, 0.2) is 0 Å². The minimum atomic E-state index is 0.318. The maximum absolute atomic E-state index is 12.7. The Morgan fingerprint density at radius 1 is 1.14 bits per heavy atom. The highest BCUT2D eigenvalue weighted by molar-refractivity contribution is 5.79. The van der Waals surface area contributed by atoms with Gasteiger partial charge in [-0.05, 0) is 26.7 Å². The third-order valence-electron chi connectivity index (χ3n) is 5.00. The van der Waals surface area contributed by atoms with Crippen molar-refractivity contribution in [3.8, 4) is 0 Å². The smallest absolute Gasteiger partial charge is 0.237 e. The molecule has 5 heteroatoms. The summed E-state index contributed by atoms with van der Waals surface area (Å²) in [6, 6.07) is 0.800. The Labute approximate surface area is 135 Å². The van der Waals surface area contributed by atoms with Gasteiger partial charge in [-0.15, -0.1) is 0 Å². The van der Waals surface area contributed by atoms with Crippen molar-refractivity contribution in [3.05, 3.63) is 0 Å². The van der Waals surface area contributed by atoms with Gasteiger partial charge in [-0.3, -0.25) is 14.6 Å². The molecule has 0 aromatic rings. The number of amides is 1. The van der Waals surface area contributed by atoms with Gasteiger partial charge in [0.1, 0.15) is 0 Å². The third-order valence-corrected chi connectivity index (χ3v) is 5.00. The molecule has 2 fully saturated rings. The molecule has 1 heterocycles. The summed E-state index contributed by atoms with van der Waals surface area (Å²) in [5, 5.41) is 0. The fourth-order valence-electron chi connectivity index (χ4n) is 3.76. The highest BCUT2D eigenvalue weighted by Crippen LogP contribution is 2.25. The van der Waals surface area contributed by atoms with Gasteiger partial charge in [-0.2, -0.15) is 0 Å². The number of carbonyl (C=O) groups excluding carboxylic acids is 1. The Kier molecular flexibility index (Phi) is 7.12. The van der Waals surface area contributed by atoms with E-state index in [0.717, 1.165) is 39.3 Å². The average Bonchev–Trinajstić information content (AvgIpc) is 3.00. The van der Waals surface area contributed by atoms with Crippen molar-refractivity contribution in [1.82, 2.24) is 14.7 Å². The Balaban J connectivity index is 1.78. The lowest BCUT2D eigenvalue weighted by molar-refractivity contribution is -0.137. The van der Waals surface area contributed by atoms with E-state index in [-0.39, 0.29) is 0 Å². The van der Waals surface area contributed by atoms with Crippen LogP contribution in [-0.2, 0) is 9.53 Å². The van der Waals surface area contributed by atoms with Crippen molar-refractivity contribution < 1.29 is 9.53 Å². The first-order valence-corrected chi connectivity index (χ1v) is 8.86. The summed E-state index contributed by atoms with van der Waals surface area (Å²) in [4.78, 5) is 19.6. The predicted octanol–water partition coefficient (Wildman–Crippen LogP) is 1.43. The molecule has 0 aromatic heterocycles. The topological polar surface area (TPSA) is 36.0 Å². The lowest BCUT2D eigenvalue weighted by Gasteiger charge is -2.38. The molecule has 0 atom stereocenters. The molecular weight excluding hydrogens is 278 g/mol. The highest BCUT2D eigenvalue weighted by Gasteiger charge is 2.30. The summed E-state index contributed by atoms with van der Waals surface area (Å²) in [5.74, 6) is 0.326. The number of hydrogen-bond donors (Lipinski definition) is 0. The second kappa shape index (κ2) is 8.85. The SMILES string of the molecule is COCCN1CCN(CC(=O)N(C(C)C)C2CCCC2)CC1. The van der Waals surface area contributed by atoms with E-state index in [0.29, 0.717) is 24.5 Å². The van der Waals surface area contributed by atoms with Crippen LogP contribution in [0, 0.1) is 0 Å². The van der Waals surface area contributed by atoms with Crippen LogP contribution in [0.25, 0.3) is 0 Å². The lowest BCUT2D eigenvalue weighted by Crippen LogP contribution is -2.53. The van der Waals surface area contributed by atoms with Gasteiger partial charge < -0.3 is 9.64 Å². The Morgan fingerprint density at radius 2 is 1.73 bits per heavy atom. The van der Waals surface area contributed by atoms with Crippen LogP contribution in [0.15, 0.2) is 0 Å². The second-order valence-corrected chi connectivity index (χ2v) is 6.94. The van der Waals surface area contributed by atoms with Crippen LogP contribution in [0.2, 0.25) is 0 Å². The van der Waals surface area contributed by atoms with E-state index in [1.807, 2.05) is 0 Å². The van der Waals surface area contributed by atoms with Crippen LogP contribution in [-0.4, -0.2) is 85.7 Å². The van der Waals surface area contributed by atoms with Crippen LogP contribution in [0.5, 0.6) is 0 Å². The summed E-state index contributed by atoms with van der Waals surface area (Å²) in [6.45, 7) is 10.8. The molecule has 0 unspecified atom stereocenters. The van der Waals surface area contributed by atoms with Gasteiger partial charge in [-0.25, -0.2) is 0 Å². The summed E-state index contributed by atoms with van der Waals surface area (Å²) in [6.07, 6.45) is 4.93. The predicted molar refractivity (Wildman–Crippen MR) is 89.0 cm³/mol. The fraction of sp³-hybridized carbons (Fsp3) is 0.941. The first-order chi connectivity index (χ1) is 10.6. The molecule has 0 radical (unpaired) electrons. The first kappa shape index (κ1) is 17.7. The van der Waals surface area contributed by atoms with E-state index in [1.54, 1.807) is 7.11 Å². The van der Waals surface area contributed by atoms with E-state index in [2.05, 4.69) is 28.5 Å². The van der Waals surface area contributed by atoms with Gasteiger partial charge in [0, 0.05) is 51.9 Å². The minimum Gasteiger partial charge on any atom is -0.383 e. The molecule has 1 saturated heterocycles. The standard InChI is InChI=1S/C17H33N3O2/c1-15(2)20(16-6-4-5-7-16)17(21)14-19-10-8-18(9-11-19)12-13-22-3/h15-16H,4-14H2,1-3H3. The van der Waals surface area contributed by atoms with Crippen molar-refractivity contribution in [3.63, 3.8) is 0 Å². The first-order valence-electron chi connectivity index (χ1n) is 8.86. The number of methoxy groups -OCH3 is 1. The summed E-state index contributed by atoms with van der Waals surface area (Å²) >= 11 is 0. The van der Waals surface area contributed by atoms with Crippen molar-refractivity contribution in [2.75, 3.05) is 53.0 Å². The molecule has 1 aliphatic carbocycles. The molecule has 0 bridgehead atoms. The van der Waals surface area contributed by atoms with Crippen LogP contribution in [0.3, 0.4) is 0 Å². The molecule has 1 saturated carbocycles. The summed E-state index contributed by atoms with van der Waals surface area (Å²) in [5.41, 5.74) is 0. The van der Waals surface area contributed by atoms with Gasteiger partial charge in [-0.1, -0.05) is 12.8 Å². The zero-order valence-electron chi connectivity index (χ0n) is 14.6. The number of nitrogens with zero attached hydrogens (tertiary/aromatic N) is 3. The molecular formula is C17H33N3O2. The second-order valence-electron chi connectivity index (χ2n) is 6.94. The quantitative estimate of drug-likeness (QED) is 0.713. The molecule has 1 amide bonds. The Hall–Kier alpha value is -0.650. The zero-order chi connectivity index (χ0) is 15.9. The number of rotatable bonds is 7. The summed E-state index contributed by atoms with van der Waals surface area (Å²) < 4.78 is 5.13. The number of piperazine rings is 1. The van der Waals surface area contributed by atoms with E-state index < -0.39 is 0 Å². The number of carbonyl (C=O) groups is 1. The lowest BCUT2D eigenvalue weighted by atomic mass is 10.1. The molecule has 128 valence electrons. The van der Waals surface area contributed by atoms with Gasteiger partial charge >= 0.3 is 0 Å². The fourth-order valence-corrected chi connectivity index (χ4v) is 3.76. The maximum Gasteiger partial charge on any atom is 0.237 e. The monoisotopic (exact) mass is 311 g/mol. The molecule has 0 aromatic carbocycles. The van der Waals surface area contributed by atoms with Crippen molar-refractivity contribution in [1.29, 1.82) is 0 Å². The molecule has 0 N–H and O–H groups in total. The normalized spacial score (nSPS) is 21.6. The third kappa shape index (κ3) is 4.93. The summed E-state index contributed by atoms with van der Waals surface area (Å²) in [7, 11) is 1.75. The molecule has 22 heavy (non-hydrogen) atoms. The largest absolute Gasteiger partial charge is 0.383 e. The van der Waals surface area contributed by atoms with Crippen LogP contribution >= 0.6 is 0 Å². The van der Waals surface area contributed by atoms with E-state index in [9.17, 15) is 4.79 Å². The van der Waals surface area contributed by atoms with Crippen LogP contribution < -0.4 is 0 Å². The average molecular weight is 311 g/mol. The highest BCUT2D eigenvalue weighted by atomic mass is 16.5. The van der Waals surface area contributed by atoms with Crippen molar-refractivity contribution in [2.24, 2.45) is 0 Å². The van der Waals surface area contributed by atoms with Gasteiger partial charge in [0.25, 0.3) is 0 Å². The van der Waals surface area contributed by atoms with Crippen molar-refractivity contribution in [2.45, 2.75) is 51.6 Å². The Morgan fingerprint density at radius 3 is 2.27 bits per heavy atom. The molecule has 2 aliphatic rings. The Bertz CT molecular complexity index is 335. The number of ether oxygens (including phenoxy) is 1. The van der Waals surface area contributed by atoms with E-state index in [1.165, 1.54) is 25.7 Å². The zero-order valence-corrected chi connectivity index (χ0v) is 14.6. The van der Waals surface area contributed by atoms with Crippen molar-refractivity contribution >= 4 is 5.91 Å². The number of hydrogen-bond acceptors (Lipinski definition) is 4. The van der Waals surface area contributed by atoms with E-state index >= 15 is 0 Å². The molecule has 0 spiro atoms. The van der Waals surface area contributed by atoms with Crippen LogP contribution in [0.1, 0.15) is 39.5 Å². The van der Waals surface area contributed by atoms with Crippen LogP contribution in [0.4, 0.5) is 0 Å². The maximum atomic E-state index is 12.7. The van der Waals surface area contributed by atoms with Gasteiger partial charge in [0.2, 0.25) is 5.91 Å². The minimum absolute atomic E-state index is 0.318.